The van der Waals surface area contributed by atoms with Crippen LogP contribution >= 0.6 is 0 Å². The highest BCUT2D eigenvalue weighted by Crippen LogP contribution is 1.94. The highest BCUT2D eigenvalue weighted by atomic mass is 32.2. The van der Waals surface area contributed by atoms with Gasteiger partial charge in [-0.3, -0.25) is 9.96 Å². The number of hydrazine groups is 1. The van der Waals surface area contributed by atoms with E-state index in [1.165, 1.54) is 0 Å². The molecule has 0 atom stereocenters. The lowest BCUT2D eigenvalue weighted by Crippen LogP contribution is -2.44. The summed E-state index contributed by atoms with van der Waals surface area (Å²) < 4.78 is 27.3. The van der Waals surface area contributed by atoms with Gasteiger partial charge in [0.05, 0.1) is 4.41 Å². The zero-order chi connectivity index (χ0) is 9.23. The first-order valence-corrected chi connectivity index (χ1v) is 3.42. The van der Waals surface area contributed by atoms with Crippen molar-refractivity contribution in [3.05, 3.63) is 10.1 Å². The number of rotatable bonds is 2. The minimum Gasteiger partial charge on any atom is -0.364 e. The van der Waals surface area contributed by atoms with Crippen LogP contribution in [0.1, 0.15) is 0 Å². The molecule has 0 fully saturated rings. The molecule has 0 radical (unpaired) electrons. The molecule has 0 aliphatic rings. The molecule has 0 saturated carbocycles. The fourth-order valence-corrected chi connectivity index (χ4v) is 0.714. The fraction of sp³-hybridized carbons (Fsp3) is 0. The number of hydrogen-bond acceptors (Lipinski definition) is 5. The molecular formula is CH4N4O5S. The van der Waals surface area contributed by atoms with Gasteiger partial charge in [-0.1, -0.05) is 0 Å². The molecule has 64 valence electrons. The lowest BCUT2D eigenvalue weighted by atomic mass is 11.1. The molecule has 9 nitrogen and oxygen atoms in total. The van der Waals surface area contributed by atoms with Crippen LogP contribution < -0.4 is 5.73 Å². The summed E-state index contributed by atoms with van der Waals surface area (Å²) in [6.07, 6.45) is 0. The maximum atomic E-state index is 10.0. The van der Waals surface area contributed by atoms with Gasteiger partial charge in [0.1, 0.15) is 0 Å². The van der Waals surface area contributed by atoms with E-state index in [-0.39, 0.29) is 0 Å². The van der Waals surface area contributed by atoms with Crippen LogP contribution in [0.3, 0.4) is 0 Å². The Bertz CT molecular complexity index is 265. The molecule has 0 aromatic carbocycles. The van der Waals surface area contributed by atoms with E-state index in [4.69, 9.17) is 9.96 Å². The van der Waals surface area contributed by atoms with Gasteiger partial charge in [-0.2, -0.15) is 8.42 Å². The zero-order valence-electron chi connectivity index (χ0n) is 4.96. The fourth-order valence-electron chi connectivity index (χ4n) is 0.296. The van der Waals surface area contributed by atoms with Gasteiger partial charge in [-0.25, -0.2) is 10.1 Å². The first kappa shape index (κ1) is 9.58. The van der Waals surface area contributed by atoms with Crippen molar-refractivity contribution in [3.8, 4) is 0 Å². The van der Waals surface area contributed by atoms with E-state index >= 15 is 0 Å². The van der Waals surface area contributed by atoms with Gasteiger partial charge in [0.15, 0.2) is 5.03 Å². The smallest absolute Gasteiger partial charge is 0.364 e. The van der Waals surface area contributed by atoms with Crippen LogP contribution in [0.4, 0.5) is 0 Å². The minimum absolute atomic E-state index is 0.868. The first-order valence-electron chi connectivity index (χ1n) is 2.03. The van der Waals surface area contributed by atoms with Crippen molar-refractivity contribution < 1.29 is 18.0 Å². The maximum absolute atomic E-state index is 10.0. The SMILES string of the molecule is N=C(N)N([N+](=O)[O-])S(=O)(=O)O. The van der Waals surface area contributed by atoms with Gasteiger partial charge in [0.25, 0.3) is 5.96 Å². The summed E-state index contributed by atoms with van der Waals surface area (Å²) in [5, 5.41) is 14.6. The third kappa shape index (κ3) is 2.35. The molecule has 0 aliphatic carbocycles. The summed E-state index contributed by atoms with van der Waals surface area (Å²) in [5.41, 5.74) is 4.45. The van der Waals surface area contributed by atoms with Crippen molar-refractivity contribution in [2.45, 2.75) is 0 Å². The molecule has 0 heterocycles. The molecule has 0 saturated heterocycles. The molecule has 4 N–H and O–H groups in total. The number of nitrogens with two attached hydrogens (primary N) is 1. The average Bonchev–Trinajstić information content (AvgIpc) is 1.54. The van der Waals surface area contributed by atoms with Crippen LogP contribution in [0.25, 0.3) is 0 Å². The molecular weight excluding hydrogens is 180 g/mol. The summed E-state index contributed by atoms with van der Waals surface area (Å²) in [5.74, 6) is -1.39. The summed E-state index contributed by atoms with van der Waals surface area (Å²) in [6.45, 7) is 0. The molecule has 0 aromatic heterocycles. The predicted molar refractivity (Wildman–Crippen MR) is 32.3 cm³/mol. The average molecular weight is 184 g/mol. The van der Waals surface area contributed by atoms with Gasteiger partial charge in [-0.05, 0) is 0 Å². The summed E-state index contributed by atoms with van der Waals surface area (Å²) in [7, 11) is -5.08. The van der Waals surface area contributed by atoms with E-state index in [2.05, 4.69) is 5.73 Å². The second-order valence-corrected chi connectivity index (χ2v) is 2.59. The highest BCUT2D eigenvalue weighted by molar-refractivity contribution is 7.83. The van der Waals surface area contributed by atoms with Crippen LogP contribution in [0, 0.1) is 15.5 Å². The molecule has 0 bridgehead atoms. The number of nitro groups is 1. The molecule has 0 rings (SSSR count). The Balaban J connectivity index is 4.94. The molecule has 0 aliphatic heterocycles. The van der Waals surface area contributed by atoms with Crippen LogP contribution in [0.15, 0.2) is 0 Å². The Hall–Kier alpha value is -1.42. The van der Waals surface area contributed by atoms with Crippen LogP contribution in [0.5, 0.6) is 0 Å². The predicted octanol–water partition coefficient (Wildman–Crippen LogP) is -1.82. The van der Waals surface area contributed by atoms with Gasteiger partial charge in [-0.15, -0.1) is 0 Å². The number of nitrogens with zero attached hydrogens (tertiary/aromatic N) is 2. The number of hydrogen-bond donors (Lipinski definition) is 3. The van der Waals surface area contributed by atoms with Gasteiger partial charge in [0, 0.05) is 0 Å². The quantitative estimate of drug-likeness (QED) is 0.151. The first-order chi connectivity index (χ1) is 4.76. The van der Waals surface area contributed by atoms with E-state index in [1.807, 2.05) is 0 Å². The van der Waals surface area contributed by atoms with Gasteiger partial charge in [0.2, 0.25) is 0 Å². The van der Waals surface area contributed by atoms with E-state index in [1.54, 1.807) is 0 Å². The van der Waals surface area contributed by atoms with Crippen LogP contribution in [0.2, 0.25) is 0 Å². The number of nitrogens with one attached hydrogen (secondary N) is 1. The zero-order valence-corrected chi connectivity index (χ0v) is 5.78. The van der Waals surface area contributed by atoms with E-state index in [0.29, 0.717) is 0 Å². The second kappa shape index (κ2) is 2.67. The van der Waals surface area contributed by atoms with E-state index in [0.717, 1.165) is 0 Å². The second-order valence-electron chi connectivity index (χ2n) is 1.34. The van der Waals surface area contributed by atoms with E-state index in [9.17, 15) is 18.5 Å². The Morgan fingerprint density at radius 2 is 2.09 bits per heavy atom. The van der Waals surface area contributed by atoms with Crippen molar-refractivity contribution in [2.75, 3.05) is 0 Å². The molecule has 0 unspecified atom stereocenters. The summed E-state index contributed by atoms with van der Waals surface area (Å²) >= 11 is 0. The highest BCUT2D eigenvalue weighted by Gasteiger charge is 2.32. The Labute approximate surface area is 60.9 Å². The standard InChI is InChI=1S/CH4N4O5S/c2-1(3)4(5(6)7)11(8,9)10/h(H3,2,3)(H,8,9,10). The van der Waals surface area contributed by atoms with Crippen molar-refractivity contribution in [1.29, 1.82) is 5.41 Å². The molecule has 11 heavy (non-hydrogen) atoms. The molecule has 10 heteroatoms. The summed E-state index contributed by atoms with van der Waals surface area (Å²) in [6, 6.07) is 0. The van der Waals surface area contributed by atoms with Crippen LogP contribution in [-0.2, 0) is 10.3 Å². The summed E-state index contributed by atoms with van der Waals surface area (Å²) in [4.78, 5) is 9.76. The minimum atomic E-state index is -5.08. The van der Waals surface area contributed by atoms with Gasteiger partial charge >= 0.3 is 10.3 Å². The van der Waals surface area contributed by atoms with Crippen molar-refractivity contribution in [1.82, 2.24) is 4.41 Å². The van der Waals surface area contributed by atoms with Crippen molar-refractivity contribution in [3.63, 3.8) is 0 Å². The van der Waals surface area contributed by atoms with Gasteiger partial charge < -0.3 is 5.73 Å². The van der Waals surface area contributed by atoms with Crippen LogP contribution in [-0.4, -0.2) is 28.4 Å². The largest absolute Gasteiger partial charge is 0.417 e. The van der Waals surface area contributed by atoms with E-state index < -0.39 is 25.7 Å². The molecule has 0 aromatic rings. The molecule has 0 amide bonds. The number of guanidine groups is 1. The Morgan fingerprint density at radius 1 is 1.73 bits per heavy atom. The topological polar surface area (TPSA) is 151 Å². The Kier molecular flexibility index (Phi) is 2.33. The molecule has 0 spiro atoms. The monoisotopic (exact) mass is 184 g/mol. The maximum Gasteiger partial charge on any atom is 0.417 e. The van der Waals surface area contributed by atoms with Crippen molar-refractivity contribution >= 4 is 16.3 Å². The third-order valence-corrected chi connectivity index (χ3v) is 1.34. The lowest BCUT2D eigenvalue weighted by Gasteiger charge is -2.05. The third-order valence-electron chi connectivity index (χ3n) is 0.573. The van der Waals surface area contributed by atoms with Crippen molar-refractivity contribution in [2.24, 2.45) is 5.73 Å². The normalized spacial score (nSPS) is 10.6. The lowest BCUT2D eigenvalue weighted by molar-refractivity contribution is -0.597. The Morgan fingerprint density at radius 3 is 2.09 bits per heavy atom.